The van der Waals surface area contributed by atoms with Crippen molar-refractivity contribution in [2.24, 2.45) is 5.10 Å². The second kappa shape index (κ2) is 6.36. The molecule has 22 heavy (non-hydrogen) atoms. The molecule has 3 aromatic rings. The number of hydrogen-bond donors (Lipinski definition) is 2. The van der Waals surface area contributed by atoms with Crippen LogP contribution in [0.25, 0.3) is 11.0 Å². The Balaban J connectivity index is 1.79. The van der Waals surface area contributed by atoms with E-state index >= 15 is 0 Å². The van der Waals surface area contributed by atoms with E-state index in [1.54, 1.807) is 13.3 Å². The second-order valence-electron chi connectivity index (χ2n) is 4.57. The number of aromatic amines is 1. The van der Waals surface area contributed by atoms with Gasteiger partial charge in [-0.05, 0) is 42.0 Å². The van der Waals surface area contributed by atoms with Crippen LogP contribution in [-0.2, 0) is 0 Å². The zero-order valence-corrected chi connectivity index (χ0v) is 12.7. The third kappa shape index (κ3) is 3.12. The SMILES string of the molecule is COc1ccc(C=NNc2nc3ccccc3[nH]c2=S)cc1. The number of nitrogens with one attached hydrogen (secondary N) is 2. The smallest absolute Gasteiger partial charge is 0.182 e. The van der Waals surface area contributed by atoms with Crippen molar-refractivity contribution in [2.45, 2.75) is 0 Å². The van der Waals surface area contributed by atoms with Gasteiger partial charge in [0.1, 0.15) is 10.4 Å². The highest BCUT2D eigenvalue weighted by molar-refractivity contribution is 7.71. The van der Waals surface area contributed by atoms with Gasteiger partial charge < -0.3 is 9.72 Å². The van der Waals surface area contributed by atoms with E-state index in [4.69, 9.17) is 17.0 Å². The van der Waals surface area contributed by atoms with E-state index in [1.165, 1.54) is 0 Å². The number of nitrogens with zero attached hydrogens (tertiary/aromatic N) is 2. The van der Waals surface area contributed by atoms with Gasteiger partial charge in [0, 0.05) is 0 Å². The summed E-state index contributed by atoms with van der Waals surface area (Å²) in [6, 6.07) is 15.3. The highest BCUT2D eigenvalue weighted by atomic mass is 32.1. The van der Waals surface area contributed by atoms with Crippen LogP contribution in [0, 0.1) is 4.64 Å². The predicted molar refractivity (Wildman–Crippen MR) is 91.1 cm³/mol. The first-order valence-corrected chi connectivity index (χ1v) is 7.09. The molecule has 110 valence electrons. The Morgan fingerprint density at radius 1 is 1.18 bits per heavy atom. The Kier molecular flexibility index (Phi) is 4.11. The van der Waals surface area contributed by atoms with Gasteiger partial charge in [-0.25, -0.2) is 4.98 Å². The first kappa shape index (κ1) is 14.2. The normalized spacial score (nSPS) is 11.0. The number of rotatable bonds is 4. The molecule has 0 amide bonds. The summed E-state index contributed by atoms with van der Waals surface area (Å²) in [4.78, 5) is 7.57. The summed E-state index contributed by atoms with van der Waals surface area (Å²) in [5.41, 5.74) is 5.55. The minimum atomic E-state index is 0.519. The van der Waals surface area contributed by atoms with E-state index < -0.39 is 0 Å². The molecule has 5 nitrogen and oxygen atoms in total. The molecule has 0 aliphatic heterocycles. The average molecular weight is 310 g/mol. The van der Waals surface area contributed by atoms with Crippen LogP contribution in [0.15, 0.2) is 53.6 Å². The lowest BCUT2D eigenvalue weighted by atomic mass is 10.2. The van der Waals surface area contributed by atoms with E-state index in [9.17, 15) is 0 Å². The Labute approximate surface area is 132 Å². The van der Waals surface area contributed by atoms with Crippen LogP contribution in [0.3, 0.4) is 0 Å². The summed E-state index contributed by atoms with van der Waals surface area (Å²) in [5.74, 6) is 1.34. The molecule has 2 aromatic carbocycles. The molecule has 0 aliphatic carbocycles. The lowest BCUT2D eigenvalue weighted by molar-refractivity contribution is 0.415. The summed E-state index contributed by atoms with van der Waals surface area (Å²) in [6.45, 7) is 0. The van der Waals surface area contributed by atoms with Gasteiger partial charge in [0.15, 0.2) is 5.82 Å². The Morgan fingerprint density at radius 3 is 2.73 bits per heavy atom. The van der Waals surface area contributed by atoms with Crippen molar-refractivity contribution >= 4 is 35.3 Å². The predicted octanol–water partition coefficient (Wildman–Crippen LogP) is 3.75. The van der Waals surface area contributed by atoms with E-state index in [2.05, 4.69) is 20.5 Å². The third-order valence-corrected chi connectivity index (χ3v) is 3.39. The summed E-state index contributed by atoms with van der Waals surface area (Å²) in [6.07, 6.45) is 1.70. The summed E-state index contributed by atoms with van der Waals surface area (Å²) >= 11 is 5.27. The number of hydrogen-bond acceptors (Lipinski definition) is 5. The average Bonchev–Trinajstić information content (AvgIpc) is 2.56. The van der Waals surface area contributed by atoms with Crippen LogP contribution in [0.5, 0.6) is 5.75 Å². The van der Waals surface area contributed by atoms with Crippen molar-refractivity contribution < 1.29 is 4.74 Å². The van der Waals surface area contributed by atoms with Gasteiger partial charge in [-0.2, -0.15) is 5.10 Å². The molecule has 0 fully saturated rings. The fourth-order valence-corrected chi connectivity index (χ4v) is 2.16. The van der Waals surface area contributed by atoms with E-state index in [-0.39, 0.29) is 0 Å². The molecule has 0 bridgehead atoms. The van der Waals surface area contributed by atoms with Crippen LogP contribution in [-0.4, -0.2) is 23.3 Å². The van der Waals surface area contributed by atoms with Crippen molar-refractivity contribution in [3.8, 4) is 5.75 Å². The Morgan fingerprint density at radius 2 is 1.95 bits per heavy atom. The maximum absolute atomic E-state index is 5.27. The van der Waals surface area contributed by atoms with Crippen LogP contribution in [0.1, 0.15) is 5.56 Å². The second-order valence-corrected chi connectivity index (χ2v) is 4.98. The van der Waals surface area contributed by atoms with Crippen molar-refractivity contribution in [3.05, 3.63) is 58.7 Å². The molecule has 0 saturated heterocycles. The number of hydrazone groups is 1. The van der Waals surface area contributed by atoms with Crippen molar-refractivity contribution in [1.82, 2.24) is 9.97 Å². The van der Waals surface area contributed by atoms with Crippen LogP contribution in [0.2, 0.25) is 0 Å². The number of para-hydroxylation sites is 2. The standard InChI is InChI=1S/C16H14N4OS/c1-21-12-8-6-11(7-9-12)10-17-20-15-16(22)19-14-5-3-2-4-13(14)18-15/h2-10H,1H3,(H,18,20)(H,19,22). The Hall–Kier alpha value is -2.73. The molecule has 0 aliphatic rings. The van der Waals surface area contributed by atoms with Crippen molar-refractivity contribution in [3.63, 3.8) is 0 Å². The zero-order valence-electron chi connectivity index (χ0n) is 11.9. The fraction of sp³-hybridized carbons (Fsp3) is 0.0625. The molecule has 0 saturated carbocycles. The topological polar surface area (TPSA) is 62.3 Å². The number of H-pyrrole nitrogens is 1. The first-order valence-electron chi connectivity index (χ1n) is 6.68. The fourth-order valence-electron chi connectivity index (χ4n) is 1.96. The molecule has 0 unspecified atom stereocenters. The molecule has 0 spiro atoms. The zero-order chi connectivity index (χ0) is 15.4. The molecule has 6 heteroatoms. The monoisotopic (exact) mass is 310 g/mol. The van der Waals surface area contributed by atoms with Gasteiger partial charge in [0.05, 0.1) is 24.4 Å². The van der Waals surface area contributed by atoms with Gasteiger partial charge in [0.25, 0.3) is 0 Å². The summed E-state index contributed by atoms with van der Waals surface area (Å²) < 4.78 is 5.63. The number of methoxy groups -OCH3 is 1. The third-order valence-electron chi connectivity index (χ3n) is 3.10. The molecular weight excluding hydrogens is 296 g/mol. The summed E-state index contributed by atoms with van der Waals surface area (Å²) in [5, 5.41) is 4.17. The van der Waals surface area contributed by atoms with Gasteiger partial charge >= 0.3 is 0 Å². The van der Waals surface area contributed by atoms with E-state index in [0.29, 0.717) is 10.5 Å². The molecule has 0 radical (unpaired) electrons. The van der Waals surface area contributed by atoms with E-state index in [1.807, 2.05) is 48.5 Å². The molecule has 3 rings (SSSR count). The maximum atomic E-state index is 5.27. The first-order chi connectivity index (χ1) is 10.8. The number of benzene rings is 2. The van der Waals surface area contributed by atoms with Gasteiger partial charge in [0.2, 0.25) is 0 Å². The molecular formula is C16H14N4OS. The van der Waals surface area contributed by atoms with Gasteiger partial charge in [-0.3, -0.25) is 5.43 Å². The van der Waals surface area contributed by atoms with Gasteiger partial charge in [-0.1, -0.05) is 24.4 Å². The lowest BCUT2D eigenvalue weighted by Crippen LogP contribution is -1.97. The number of anilines is 1. The van der Waals surface area contributed by atoms with Crippen LogP contribution < -0.4 is 10.2 Å². The minimum Gasteiger partial charge on any atom is -0.497 e. The highest BCUT2D eigenvalue weighted by Crippen LogP contribution is 2.13. The Bertz CT molecular complexity index is 871. The van der Waals surface area contributed by atoms with Gasteiger partial charge in [-0.15, -0.1) is 0 Å². The number of fused-ring (bicyclic) bond motifs is 1. The quantitative estimate of drug-likeness (QED) is 0.438. The van der Waals surface area contributed by atoms with Crippen molar-refractivity contribution in [2.75, 3.05) is 12.5 Å². The molecule has 2 N–H and O–H groups in total. The largest absolute Gasteiger partial charge is 0.497 e. The number of aromatic nitrogens is 2. The summed E-state index contributed by atoms with van der Waals surface area (Å²) in [7, 11) is 1.64. The van der Waals surface area contributed by atoms with E-state index in [0.717, 1.165) is 22.3 Å². The molecule has 1 aromatic heterocycles. The van der Waals surface area contributed by atoms with Crippen LogP contribution in [0.4, 0.5) is 5.82 Å². The molecule has 1 heterocycles. The minimum absolute atomic E-state index is 0.519. The van der Waals surface area contributed by atoms with Crippen molar-refractivity contribution in [1.29, 1.82) is 0 Å². The molecule has 0 atom stereocenters. The maximum Gasteiger partial charge on any atom is 0.182 e. The lowest BCUT2D eigenvalue weighted by Gasteiger charge is -2.03. The highest BCUT2D eigenvalue weighted by Gasteiger charge is 2.00. The van der Waals surface area contributed by atoms with Crippen LogP contribution >= 0.6 is 12.2 Å². The number of ether oxygens (including phenoxy) is 1.